The molecule has 0 saturated carbocycles. The predicted molar refractivity (Wildman–Crippen MR) is 112 cm³/mol. The Bertz CT molecular complexity index is 1050. The van der Waals surface area contributed by atoms with E-state index in [1.807, 2.05) is 0 Å². The molecule has 9 heteroatoms. The maximum Gasteiger partial charge on any atom is 0.307 e. The van der Waals surface area contributed by atoms with Gasteiger partial charge >= 0.3 is 5.97 Å². The van der Waals surface area contributed by atoms with Crippen molar-refractivity contribution in [1.82, 2.24) is 4.90 Å². The first-order valence-electron chi connectivity index (χ1n) is 10.2. The van der Waals surface area contributed by atoms with E-state index in [4.69, 9.17) is 9.15 Å². The van der Waals surface area contributed by atoms with Gasteiger partial charge in [-0.1, -0.05) is 12.1 Å². The Morgan fingerprint density at radius 2 is 2.00 bits per heavy atom. The van der Waals surface area contributed by atoms with Gasteiger partial charge in [0.2, 0.25) is 0 Å². The fourth-order valence-corrected chi connectivity index (χ4v) is 5.43. The second kappa shape index (κ2) is 9.64. The smallest absolute Gasteiger partial charge is 0.307 e. The molecule has 2 atom stereocenters. The second-order valence-electron chi connectivity index (χ2n) is 7.56. The van der Waals surface area contributed by atoms with Gasteiger partial charge in [-0.05, 0) is 44.5 Å². The molecule has 7 nitrogen and oxygen atoms in total. The van der Waals surface area contributed by atoms with E-state index in [-0.39, 0.29) is 30.4 Å². The lowest BCUT2D eigenvalue weighted by Crippen LogP contribution is -2.46. The third-order valence-electron chi connectivity index (χ3n) is 5.31. The molecule has 0 spiro atoms. The summed E-state index contributed by atoms with van der Waals surface area (Å²) in [6.45, 7) is 3.59. The highest BCUT2D eigenvalue weighted by Gasteiger charge is 2.36. The van der Waals surface area contributed by atoms with Gasteiger partial charge in [0.1, 0.15) is 17.3 Å². The molecule has 0 unspecified atom stereocenters. The van der Waals surface area contributed by atoms with Crippen LogP contribution in [0.5, 0.6) is 0 Å². The SMILES string of the molecule is CCN(C(=O)[C@H](C)OC(=O)CCc1ccc(-c2ccccc2F)o1)[C@@H]1CCS(=O)(=O)C1. The van der Waals surface area contributed by atoms with Gasteiger partial charge in [-0.3, -0.25) is 9.59 Å². The number of likely N-dealkylation sites (N-methyl/N-ethyl adjacent to an activating group) is 1. The summed E-state index contributed by atoms with van der Waals surface area (Å²) in [6.07, 6.45) is -0.384. The van der Waals surface area contributed by atoms with Gasteiger partial charge in [-0.2, -0.15) is 0 Å². The van der Waals surface area contributed by atoms with Crippen molar-refractivity contribution >= 4 is 21.7 Å². The molecule has 1 aliphatic heterocycles. The monoisotopic (exact) mass is 451 g/mol. The van der Waals surface area contributed by atoms with E-state index in [9.17, 15) is 22.4 Å². The summed E-state index contributed by atoms with van der Waals surface area (Å²) in [4.78, 5) is 26.3. The van der Waals surface area contributed by atoms with Crippen molar-refractivity contribution in [3.63, 3.8) is 0 Å². The Morgan fingerprint density at radius 1 is 1.26 bits per heavy atom. The van der Waals surface area contributed by atoms with E-state index in [1.165, 1.54) is 17.9 Å². The van der Waals surface area contributed by atoms with Crippen LogP contribution in [-0.2, 0) is 30.6 Å². The van der Waals surface area contributed by atoms with E-state index in [0.717, 1.165) is 0 Å². The van der Waals surface area contributed by atoms with Crippen molar-refractivity contribution in [2.24, 2.45) is 0 Å². The van der Waals surface area contributed by atoms with Crippen LogP contribution in [0.4, 0.5) is 4.39 Å². The van der Waals surface area contributed by atoms with Crippen LogP contribution < -0.4 is 0 Å². The van der Waals surface area contributed by atoms with Crippen LogP contribution >= 0.6 is 0 Å². The summed E-state index contributed by atoms with van der Waals surface area (Å²) in [5.41, 5.74) is 0.337. The summed E-state index contributed by atoms with van der Waals surface area (Å²) in [6, 6.07) is 9.16. The Balaban J connectivity index is 1.52. The largest absolute Gasteiger partial charge is 0.461 e. The number of halogens is 1. The molecule has 1 saturated heterocycles. The summed E-state index contributed by atoms with van der Waals surface area (Å²) in [5, 5.41) is 0. The van der Waals surface area contributed by atoms with Gasteiger partial charge in [-0.15, -0.1) is 0 Å². The topological polar surface area (TPSA) is 93.9 Å². The molecular weight excluding hydrogens is 425 g/mol. The number of rotatable bonds is 8. The van der Waals surface area contributed by atoms with Crippen molar-refractivity contribution in [2.75, 3.05) is 18.1 Å². The highest BCUT2D eigenvalue weighted by atomic mass is 32.2. The lowest BCUT2D eigenvalue weighted by atomic mass is 10.1. The Kier molecular flexibility index (Phi) is 7.15. The third-order valence-corrected chi connectivity index (χ3v) is 7.06. The quantitative estimate of drug-likeness (QED) is 0.573. The van der Waals surface area contributed by atoms with Crippen molar-refractivity contribution in [3.05, 3.63) is 48.0 Å². The molecule has 2 heterocycles. The van der Waals surface area contributed by atoms with E-state index in [0.29, 0.717) is 30.0 Å². The molecular formula is C22H26FNO6S. The Labute approximate surface area is 181 Å². The van der Waals surface area contributed by atoms with Crippen LogP contribution in [0.3, 0.4) is 0 Å². The minimum Gasteiger partial charge on any atom is -0.461 e. The molecule has 1 aromatic heterocycles. The first-order chi connectivity index (χ1) is 14.7. The standard InChI is InChI=1S/C22H26FNO6S/c1-3-24(16-12-13-31(27,28)14-16)22(26)15(2)29-21(25)11-9-17-8-10-20(30-17)18-6-4-5-7-19(18)23/h4-8,10,15-16H,3,9,11-14H2,1-2H3/t15-,16+/m0/s1. The molecule has 1 aliphatic rings. The maximum atomic E-state index is 13.9. The van der Waals surface area contributed by atoms with E-state index >= 15 is 0 Å². The zero-order valence-corrected chi connectivity index (χ0v) is 18.4. The van der Waals surface area contributed by atoms with Gasteiger partial charge in [0.15, 0.2) is 15.9 Å². The summed E-state index contributed by atoms with van der Waals surface area (Å²) in [5.74, 6) is -0.497. The first kappa shape index (κ1) is 23.0. The van der Waals surface area contributed by atoms with Crippen LogP contribution in [0, 0.1) is 5.82 Å². The first-order valence-corrected chi connectivity index (χ1v) is 12.1. The lowest BCUT2D eigenvalue weighted by Gasteiger charge is -2.29. The number of sulfone groups is 1. The van der Waals surface area contributed by atoms with Crippen LogP contribution in [0.25, 0.3) is 11.3 Å². The summed E-state index contributed by atoms with van der Waals surface area (Å²) in [7, 11) is -3.13. The molecule has 31 heavy (non-hydrogen) atoms. The van der Waals surface area contributed by atoms with E-state index in [1.54, 1.807) is 37.3 Å². The number of carbonyl (C=O) groups is 2. The fourth-order valence-electron chi connectivity index (χ4n) is 3.70. The van der Waals surface area contributed by atoms with Gasteiger partial charge in [0, 0.05) is 19.0 Å². The minimum absolute atomic E-state index is 0.00816. The van der Waals surface area contributed by atoms with Crippen LogP contribution in [0.2, 0.25) is 0 Å². The molecule has 0 radical (unpaired) electrons. The zero-order valence-electron chi connectivity index (χ0n) is 17.5. The lowest BCUT2D eigenvalue weighted by molar-refractivity contribution is -0.160. The van der Waals surface area contributed by atoms with Crippen LogP contribution in [0.15, 0.2) is 40.8 Å². The van der Waals surface area contributed by atoms with Gasteiger partial charge in [0.25, 0.3) is 5.91 Å². The summed E-state index contributed by atoms with van der Waals surface area (Å²) < 4.78 is 48.2. The van der Waals surface area contributed by atoms with Gasteiger partial charge in [0.05, 0.1) is 23.5 Å². The number of carbonyl (C=O) groups excluding carboxylic acids is 2. The van der Waals surface area contributed by atoms with Crippen molar-refractivity contribution in [3.8, 4) is 11.3 Å². The number of nitrogens with zero attached hydrogens (tertiary/aromatic N) is 1. The normalized spacial score (nSPS) is 18.5. The van der Waals surface area contributed by atoms with Gasteiger partial charge in [-0.25, -0.2) is 12.8 Å². The number of esters is 1. The van der Waals surface area contributed by atoms with Crippen LogP contribution in [-0.4, -0.2) is 55.4 Å². The van der Waals surface area contributed by atoms with Crippen molar-refractivity contribution < 1.29 is 31.6 Å². The van der Waals surface area contributed by atoms with E-state index in [2.05, 4.69) is 0 Å². The maximum absolute atomic E-state index is 13.9. The average molecular weight is 452 g/mol. The average Bonchev–Trinajstić information content (AvgIpc) is 3.33. The third kappa shape index (κ3) is 5.72. The molecule has 3 rings (SSSR count). The summed E-state index contributed by atoms with van der Waals surface area (Å²) >= 11 is 0. The molecule has 2 aromatic rings. The Hall–Kier alpha value is -2.68. The molecule has 0 bridgehead atoms. The number of benzene rings is 1. The Morgan fingerprint density at radius 3 is 2.65 bits per heavy atom. The predicted octanol–water partition coefficient (Wildman–Crippen LogP) is 2.99. The number of furan rings is 1. The van der Waals surface area contributed by atoms with Gasteiger partial charge < -0.3 is 14.1 Å². The number of ether oxygens (including phenoxy) is 1. The van der Waals surface area contributed by atoms with Crippen LogP contribution in [0.1, 0.15) is 32.4 Å². The highest BCUT2D eigenvalue weighted by Crippen LogP contribution is 2.25. The fraction of sp³-hybridized carbons (Fsp3) is 0.455. The minimum atomic E-state index is -3.13. The molecule has 0 aliphatic carbocycles. The number of hydrogen-bond acceptors (Lipinski definition) is 6. The molecule has 1 aromatic carbocycles. The molecule has 0 N–H and O–H groups in total. The van der Waals surface area contributed by atoms with Crippen molar-refractivity contribution in [2.45, 2.75) is 45.3 Å². The number of hydrogen-bond donors (Lipinski definition) is 0. The molecule has 168 valence electrons. The zero-order chi connectivity index (χ0) is 22.6. The number of amides is 1. The highest BCUT2D eigenvalue weighted by molar-refractivity contribution is 7.91. The second-order valence-corrected chi connectivity index (χ2v) is 9.79. The van der Waals surface area contributed by atoms with Crippen molar-refractivity contribution in [1.29, 1.82) is 0 Å². The molecule has 1 fully saturated rings. The van der Waals surface area contributed by atoms with E-state index < -0.39 is 33.6 Å². The molecule has 1 amide bonds. The number of aryl methyl sites for hydroxylation is 1.